The molecular weight excluding hydrogens is 412 g/mol. The Kier molecular flexibility index (Phi) is 7.11. The number of amides is 1. The fourth-order valence-corrected chi connectivity index (χ4v) is 3.98. The molecular formula is C24H29ClN4O2. The molecule has 1 aliphatic carbocycles. The normalized spacial score (nSPS) is 17.1. The number of anilines is 1. The zero-order valence-corrected chi connectivity index (χ0v) is 19.3. The van der Waals surface area contributed by atoms with Crippen molar-refractivity contribution in [1.29, 1.82) is 0 Å². The Hall–Kier alpha value is -2.73. The molecule has 1 aliphatic rings. The molecule has 0 saturated heterocycles. The van der Waals surface area contributed by atoms with E-state index in [4.69, 9.17) is 11.6 Å². The van der Waals surface area contributed by atoms with E-state index >= 15 is 0 Å². The van der Waals surface area contributed by atoms with Gasteiger partial charge in [-0.2, -0.15) is 0 Å². The number of benzene rings is 1. The Bertz CT molecular complexity index is 1070. The van der Waals surface area contributed by atoms with Crippen LogP contribution in [0.5, 0.6) is 0 Å². The van der Waals surface area contributed by atoms with E-state index in [0.29, 0.717) is 38.6 Å². The summed E-state index contributed by atoms with van der Waals surface area (Å²) in [6, 6.07) is 5.31. The number of ketones is 1. The number of rotatable bonds is 6. The van der Waals surface area contributed by atoms with E-state index in [9.17, 15) is 9.59 Å². The van der Waals surface area contributed by atoms with Crippen LogP contribution in [0.15, 0.2) is 47.4 Å². The van der Waals surface area contributed by atoms with Gasteiger partial charge in [0.15, 0.2) is 5.78 Å². The lowest BCUT2D eigenvalue weighted by atomic mass is 9.83. The van der Waals surface area contributed by atoms with Gasteiger partial charge in [0, 0.05) is 28.4 Å². The molecule has 1 amide bonds. The average molecular weight is 441 g/mol. The molecule has 3 rings (SSSR count). The van der Waals surface area contributed by atoms with Crippen LogP contribution in [-0.2, 0) is 9.59 Å². The number of fused-ring (bicyclic) bond motifs is 1. The van der Waals surface area contributed by atoms with Gasteiger partial charge in [0.1, 0.15) is 12.1 Å². The quantitative estimate of drug-likeness (QED) is 0.467. The van der Waals surface area contributed by atoms with Gasteiger partial charge < -0.3 is 10.6 Å². The number of carbonyl (C=O) groups is 2. The van der Waals surface area contributed by atoms with Gasteiger partial charge in [0.2, 0.25) is 5.91 Å². The number of aromatic nitrogens is 2. The van der Waals surface area contributed by atoms with Crippen molar-refractivity contribution in [1.82, 2.24) is 15.3 Å². The maximum atomic E-state index is 12.8. The van der Waals surface area contributed by atoms with Crippen LogP contribution in [-0.4, -0.2) is 27.2 Å². The molecule has 0 spiro atoms. The van der Waals surface area contributed by atoms with Crippen molar-refractivity contribution in [2.45, 2.75) is 65.3 Å². The lowest BCUT2D eigenvalue weighted by molar-refractivity contribution is -0.119. The van der Waals surface area contributed by atoms with E-state index in [-0.39, 0.29) is 17.2 Å². The van der Waals surface area contributed by atoms with Gasteiger partial charge >= 0.3 is 0 Å². The van der Waals surface area contributed by atoms with E-state index in [1.165, 1.54) is 19.7 Å². The Morgan fingerprint density at radius 2 is 1.81 bits per heavy atom. The molecule has 0 bridgehead atoms. The van der Waals surface area contributed by atoms with E-state index in [0.717, 1.165) is 25.7 Å². The van der Waals surface area contributed by atoms with Crippen molar-refractivity contribution >= 4 is 40.0 Å². The molecule has 0 unspecified atom stereocenters. The molecule has 1 heterocycles. The molecule has 0 radical (unpaired) electrons. The van der Waals surface area contributed by atoms with Crippen molar-refractivity contribution < 1.29 is 9.59 Å². The third kappa shape index (κ3) is 5.70. The highest BCUT2D eigenvalue weighted by atomic mass is 35.5. The van der Waals surface area contributed by atoms with E-state index in [2.05, 4.69) is 27.5 Å². The van der Waals surface area contributed by atoms with Gasteiger partial charge in [-0.15, -0.1) is 0 Å². The third-order valence-electron chi connectivity index (χ3n) is 5.90. The zero-order chi connectivity index (χ0) is 22.6. The summed E-state index contributed by atoms with van der Waals surface area (Å²) in [5, 5.41) is 7.56. The van der Waals surface area contributed by atoms with E-state index in [1.807, 2.05) is 6.92 Å². The highest BCUT2D eigenvalue weighted by Crippen LogP contribution is 2.28. The lowest BCUT2D eigenvalue weighted by Gasteiger charge is -2.34. The minimum absolute atomic E-state index is 0.0969. The van der Waals surface area contributed by atoms with E-state index < -0.39 is 0 Å². The molecule has 1 aromatic carbocycles. The summed E-state index contributed by atoms with van der Waals surface area (Å²) < 4.78 is 0. The monoisotopic (exact) mass is 440 g/mol. The van der Waals surface area contributed by atoms with Crippen molar-refractivity contribution in [3.63, 3.8) is 0 Å². The summed E-state index contributed by atoms with van der Waals surface area (Å²) in [5.74, 6) is 0.222. The van der Waals surface area contributed by atoms with Crippen LogP contribution in [0.1, 0.15) is 59.8 Å². The van der Waals surface area contributed by atoms with Crippen LogP contribution < -0.4 is 10.6 Å². The summed E-state index contributed by atoms with van der Waals surface area (Å²) in [4.78, 5) is 33.7. The second-order valence-electron chi connectivity index (χ2n) is 8.51. The van der Waals surface area contributed by atoms with Crippen molar-refractivity contribution in [3.05, 3.63) is 52.5 Å². The first-order valence-corrected chi connectivity index (χ1v) is 11.0. The number of Topliss-reactive ketones (excluding diaryl/α,β-unsaturated/α-hetero) is 1. The minimum atomic E-state index is -0.166. The van der Waals surface area contributed by atoms with Gasteiger partial charge in [0.05, 0.1) is 11.2 Å². The first-order valence-electron chi connectivity index (χ1n) is 10.6. The van der Waals surface area contributed by atoms with E-state index in [1.54, 1.807) is 31.2 Å². The van der Waals surface area contributed by atoms with Crippen LogP contribution in [0.2, 0.25) is 5.02 Å². The maximum absolute atomic E-state index is 12.8. The van der Waals surface area contributed by atoms with Crippen LogP contribution in [0, 0.1) is 0 Å². The van der Waals surface area contributed by atoms with Gasteiger partial charge in [-0.1, -0.05) is 30.9 Å². The first kappa shape index (κ1) is 22.9. The number of hydrogen-bond acceptors (Lipinski definition) is 5. The molecule has 0 atom stereocenters. The molecule has 1 aromatic heterocycles. The predicted octanol–water partition coefficient (Wildman–Crippen LogP) is 5.34. The summed E-state index contributed by atoms with van der Waals surface area (Å²) in [7, 11) is 0. The molecule has 7 heteroatoms. The van der Waals surface area contributed by atoms with Gasteiger partial charge in [-0.05, 0) is 63.5 Å². The molecule has 0 aliphatic heterocycles. The Morgan fingerprint density at radius 1 is 1.10 bits per heavy atom. The number of nitrogens with one attached hydrogen (secondary N) is 2. The van der Waals surface area contributed by atoms with Crippen molar-refractivity contribution in [2.24, 2.45) is 0 Å². The average Bonchev–Trinajstić information content (AvgIpc) is 2.73. The molecule has 31 heavy (non-hydrogen) atoms. The van der Waals surface area contributed by atoms with Crippen molar-refractivity contribution in [2.75, 3.05) is 5.32 Å². The topological polar surface area (TPSA) is 84.0 Å². The molecule has 6 nitrogen and oxygen atoms in total. The SMILES string of the molecule is CC(=O)/C(=C\C(C)=C(/C)C(=O)NC1(C)CCCCC1)Nc1ncnc2ccc(Cl)cc12. The molecule has 164 valence electrons. The number of halogens is 1. The van der Waals surface area contributed by atoms with Crippen LogP contribution in [0.3, 0.4) is 0 Å². The standard InChI is InChI=1S/C24H29ClN4O2/c1-15(16(2)23(31)29-24(4)10-6-5-7-11-24)12-21(17(3)30)28-22-19-13-18(25)8-9-20(19)26-14-27-22/h8-9,12-14H,5-7,10-11H2,1-4H3,(H,29,31)(H,26,27,28)/b16-15+,21-12+. The van der Waals surface area contributed by atoms with Crippen LogP contribution >= 0.6 is 11.6 Å². The minimum Gasteiger partial charge on any atom is -0.347 e. The number of hydrogen-bond donors (Lipinski definition) is 2. The smallest absolute Gasteiger partial charge is 0.247 e. The summed E-state index contributed by atoms with van der Waals surface area (Å²) >= 11 is 6.12. The summed E-state index contributed by atoms with van der Waals surface area (Å²) in [6.45, 7) is 7.19. The second-order valence-corrected chi connectivity index (χ2v) is 8.94. The Labute approximate surface area is 188 Å². The highest BCUT2D eigenvalue weighted by Gasteiger charge is 2.28. The van der Waals surface area contributed by atoms with Gasteiger partial charge in [-0.3, -0.25) is 9.59 Å². The summed E-state index contributed by atoms with van der Waals surface area (Å²) in [5.41, 5.74) is 2.19. The van der Waals surface area contributed by atoms with Crippen molar-refractivity contribution in [3.8, 4) is 0 Å². The van der Waals surface area contributed by atoms with Gasteiger partial charge in [-0.25, -0.2) is 9.97 Å². The van der Waals surface area contributed by atoms with Crippen LogP contribution in [0.4, 0.5) is 5.82 Å². The fraction of sp³-hybridized carbons (Fsp3) is 0.417. The highest BCUT2D eigenvalue weighted by molar-refractivity contribution is 6.31. The molecule has 2 aromatic rings. The molecule has 1 fully saturated rings. The third-order valence-corrected chi connectivity index (χ3v) is 6.13. The Morgan fingerprint density at radius 3 is 2.48 bits per heavy atom. The first-order chi connectivity index (χ1) is 14.7. The molecule has 2 N–H and O–H groups in total. The largest absolute Gasteiger partial charge is 0.347 e. The van der Waals surface area contributed by atoms with Gasteiger partial charge in [0.25, 0.3) is 0 Å². The number of nitrogens with zero attached hydrogens (tertiary/aromatic N) is 2. The Balaban J connectivity index is 1.87. The second kappa shape index (κ2) is 9.60. The maximum Gasteiger partial charge on any atom is 0.247 e. The zero-order valence-electron chi connectivity index (χ0n) is 18.5. The fourth-order valence-electron chi connectivity index (χ4n) is 3.81. The number of allylic oxidation sites excluding steroid dienone is 3. The van der Waals surface area contributed by atoms with Crippen LogP contribution in [0.25, 0.3) is 10.9 Å². The summed E-state index contributed by atoms with van der Waals surface area (Å²) in [6.07, 6.45) is 8.59. The predicted molar refractivity (Wildman–Crippen MR) is 125 cm³/mol. The molecule has 1 saturated carbocycles. The lowest BCUT2D eigenvalue weighted by Crippen LogP contribution is -2.47. The number of carbonyl (C=O) groups excluding carboxylic acids is 2.